The van der Waals surface area contributed by atoms with Crippen LogP contribution in [0.3, 0.4) is 0 Å². The van der Waals surface area contributed by atoms with E-state index in [0.717, 1.165) is 11.1 Å². The molecule has 0 unspecified atom stereocenters. The Labute approximate surface area is 225 Å². The number of hydrogen-bond acceptors (Lipinski definition) is 12. The molecule has 2 heterocycles. The molecule has 0 saturated carbocycles. The maximum absolute atomic E-state index is 10.4. The minimum Gasteiger partial charge on any atom is -0.493 e. The molecule has 2 aromatic carbocycles. The average Bonchev–Trinajstić information content (AvgIpc) is 3.34. The number of hydrogen-bond donors (Lipinski definition) is 6. The van der Waals surface area contributed by atoms with Crippen molar-refractivity contribution in [3.8, 4) is 28.7 Å². The third-order valence-electron chi connectivity index (χ3n) is 6.84. The Bertz CT molecular complexity index is 1140. The van der Waals surface area contributed by atoms with Crippen LogP contribution < -0.4 is 23.7 Å². The number of benzene rings is 2. The summed E-state index contributed by atoms with van der Waals surface area (Å²) in [6, 6.07) is 6.87. The molecular weight excluding hydrogens is 516 g/mol. The third-order valence-corrected chi connectivity index (χ3v) is 6.84. The van der Waals surface area contributed by atoms with Crippen molar-refractivity contribution in [1.82, 2.24) is 0 Å². The first-order valence-electron chi connectivity index (χ1n) is 12.3. The molecule has 0 aromatic heterocycles. The summed E-state index contributed by atoms with van der Waals surface area (Å²) in [6.07, 6.45) is -4.75. The highest BCUT2D eigenvalue weighted by molar-refractivity contribution is 5.63. The molecule has 0 radical (unpaired) electrons. The molecule has 2 aliphatic heterocycles. The fourth-order valence-corrected chi connectivity index (χ4v) is 4.81. The lowest BCUT2D eigenvalue weighted by molar-refractivity contribution is -0.277. The summed E-state index contributed by atoms with van der Waals surface area (Å²) in [6.45, 7) is -0.984. The Morgan fingerprint density at radius 1 is 0.821 bits per heavy atom. The van der Waals surface area contributed by atoms with Gasteiger partial charge in [-0.3, -0.25) is 0 Å². The zero-order valence-corrected chi connectivity index (χ0v) is 21.8. The van der Waals surface area contributed by atoms with E-state index in [9.17, 15) is 25.5 Å². The monoisotopic (exact) mass is 550 g/mol. The van der Waals surface area contributed by atoms with E-state index >= 15 is 0 Å². The van der Waals surface area contributed by atoms with Crippen molar-refractivity contribution in [2.45, 2.75) is 42.7 Å². The molecule has 39 heavy (non-hydrogen) atoms. The van der Waals surface area contributed by atoms with E-state index in [2.05, 4.69) is 0 Å². The van der Waals surface area contributed by atoms with Crippen molar-refractivity contribution in [3.63, 3.8) is 0 Å². The van der Waals surface area contributed by atoms with Crippen LogP contribution in [0.2, 0.25) is 0 Å². The lowest BCUT2D eigenvalue weighted by Crippen LogP contribution is -2.60. The van der Waals surface area contributed by atoms with E-state index < -0.39 is 49.3 Å². The number of fused-ring (bicyclic) bond motifs is 1. The van der Waals surface area contributed by atoms with Crippen molar-refractivity contribution in [2.75, 3.05) is 41.2 Å². The quantitative estimate of drug-likeness (QED) is 0.236. The molecular formula is C27H34O12. The summed E-state index contributed by atoms with van der Waals surface area (Å²) in [5, 5.41) is 59.6. The van der Waals surface area contributed by atoms with Crippen LogP contribution in [0.5, 0.6) is 28.7 Å². The van der Waals surface area contributed by atoms with Crippen molar-refractivity contribution in [3.05, 3.63) is 47.0 Å². The molecule has 0 spiro atoms. The first-order valence-corrected chi connectivity index (χ1v) is 12.3. The van der Waals surface area contributed by atoms with Crippen LogP contribution in [0.15, 0.2) is 30.3 Å². The Kier molecular flexibility index (Phi) is 9.18. The van der Waals surface area contributed by atoms with Gasteiger partial charge in [-0.1, -0.05) is 12.2 Å². The molecule has 2 aliphatic rings. The molecule has 2 aromatic rings. The number of methoxy groups -OCH3 is 3. The highest BCUT2D eigenvalue weighted by Gasteiger charge is 2.45. The molecule has 1 fully saturated rings. The van der Waals surface area contributed by atoms with E-state index in [-0.39, 0.29) is 30.5 Å². The summed E-state index contributed by atoms with van der Waals surface area (Å²) >= 11 is 0. The van der Waals surface area contributed by atoms with Gasteiger partial charge in [0.25, 0.3) is 0 Å². The van der Waals surface area contributed by atoms with Gasteiger partial charge in [0.1, 0.15) is 30.5 Å². The molecule has 6 N–H and O–H groups in total. The standard InChI is InChI=1S/C27H34O12/c1-34-17-8-13(5-4-6-28)7-15-16(11-29)24(38-25(15)17)14-9-18(35-2)26(19(10-14)36-3)39-27-23(33)22(32)21(31)20(12-30)37-27/h4-5,7-10,16,20-24,27-33H,6,11-12H2,1-3H3/b5-4+/t16-,20+,21+,22-,23+,24+,27-/m0/s1. The number of aliphatic hydroxyl groups excluding tert-OH is 6. The van der Waals surface area contributed by atoms with E-state index in [1.54, 1.807) is 30.4 Å². The van der Waals surface area contributed by atoms with Gasteiger partial charge in [0.05, 0.1) is 47.1 Å². The van der Waals surface area contributed by atoms with Crippen molar-refractivity contribution < 1.29 is 59.1 Å². The smallest absolute Gasteiger partial charge is 0.229 e. The largest absolute Gasteiger partial charge is 0.493 e. The Morgan fingerprint density at radius 3 is 2.05 bits per heavy atom. The molecule has 0 amide bonds. The van der Waals surface area contributed by atoms with E-state index in [0.29, 0.717) is 17.1 Å². The second-order valence-corrected chi connectivity index (χ2v) is 9.12. The maximum Gasteiger partial charge on any atom is 0.229 e. The predicted octanol–water partition coefficient (Wildman–Crippen LogP) is 0.106. The van der Waals surface area contributed by atoms with Gasteiger partial charge in [0, 0.05) is 11.1 Å². The molecule has 12 nitrogen and oxygen atoms in total. The average molecular weight is 551 g/mol. The fourth-order valence-electron chi connectivity index (χ4n) is 4.81. The van der Waals surface area contributed by atoms with Gasteiger partial charge in [-0.25, -0.2) is 0 Å². The number of rotatable bonds is 10. The first-order chi connectivity index (χ1) is 18.8. The van der Waals surface area contributed by atoms with E-state index in [1.165, 1.54) is 21.3 Å². The van der Waals surface area contributed by atoms with Crippen LogP contribution in [0.25, 0.3) is 6.08 Å². The molecule has 0 bridgehead atoms. The highest BCUT2D eigenvalue weighted by Crippen LogP contribution is 2.53. The molecule has 214 valence electrons. The van der Waals surface area contributed by atoms with Crippen molar-refractivity contribution >= 4 is 6.08 Å². The number of aliphatic hydroxyl groups is 6. The molecule has 0 aliphatic carbocycles. The Hall–Kier alpha value is -3.10. The minimum atomic E-state index is -1.63. The summed E-state index contributed by atoms with van der Waals surface area (Å²) in [7, 11) is 4.31. The van der Waals surface area contributed by atoms with Crippen LogP contribution in [0, 0.1) is 0 Å². The van der Waals surface area contributed by atoms with Crippen LogP contribution in [-0.4, -0.2) is 102 Å². The summed E-state index contributed by atoms with van der Waals surface area (Å²) in [5.74, 6) is 0.850. The van der Waals surface area contributed by atoms with Gasteiger partial charge >= 0.3 is 0 Å². The van der Waals surface area contributed by atoms with Crippen LogP contribution in [-0.2, 0) is 4.74 Å². The maximum atomic E-state index is 10.4. The van der Waals surface area contributed by atoms with Crippen molar-refractivity contribution in [2.24, 2.45) is 0 Å². The van der Waals surface area contributed by atoms with Gasteiger partial charge in [0.2, 0.25) is 12.0 Å². The summed E-state index contributed by atoms with van der Waals surface area (Å²) in [5.41, 5.74) is 2.06. The fraction of sp³-hybridized carbons (Fsp3) is 0.481. The normalized spacial score (nSPS) is 28.2. The van der Waals surface area contributed by atoms with Gasteiger partial charge < -0.3 is 59.1 Å². The zero-order valence-electron chi connectivity index (χ0n) is 21.8. The van der Waals surface area contributed by atoms with Gasteiger partial charge in [-0.05, 0) is 29.8 Å². The molecule has 12 heteroatoms. The molecule has 7 atom stereocenters. The van der Waals surface area contributed by atoms with Gasteiger partial charge in [-0.15, -0.1) is 0 Å². The lowest BCUT2D eigenvalue weighted by atomic mass is 9.90. The van der Waals surface area contributed by atoms with E-state index in [1.807, 2.05) is 6.07 Å². The lowest BCUT2D eigenvalue weighted by Gasteiger charge is -2.39. The van der Waals surface area contributed by atoms with Gasteiger partial charge in [0.15, 0.2) is 23.0 Å². The summed E-state index contributed by atoms with van der Waals surface area (Å²) in [4.78, 5) is 0. The Morgan fingerprint density at radius 2 is 1.49 bits per heavy atom. The zero-order chi connectivity index (χ0) is 28.3. The molecule has 4 rings (SSSR count). The van der Waals surface area contributed by atoms with E-state index in [4.69, 9.17) is 33.5 Å². The van der Waals surface area contributed by atoms with Gasteiger partial charge in [-0.2, -0.15) is 0 Å². The summed E-state index contributed by atoms with van der Waals surface area (Å²) < 4.78 is 34.2. The third kappa shape index (κ3) is 5.50. The highest BCUT2D eigenvalue weighted by atomic mass is 16.7. The van der Waals surface area contributed by atoms with Crippen LogP contribution >= 0.6 is 0 Å². The second kappa shape index (κ2) is 12.4. The topological polar surface area (TPSA) is 177 Å². The SMILES string of the molecule is COc1cc([C@H]2Oc3c(OC)cc(/C=C/CO)cc3[C@@H]2CO)cc(OC)c1O[C@@H]1O[C@H](CO)[C@@H](O)[C@H](O)[C@H]1O. The van der Waals surface area contributed by atoms with Crippen molar-refractivity contribution in [1.29, 1.82) is 0 Å². The second-order valence-electron chi connectivity index (χ2n) is 9.12. The predicted molar refractivity (Wildman–Crippen MR) is 136 cm³/mol. The van der Waals surface area contributed by atoms with Crippen LogP contribution in [0.1, 0.15) is 28.7 Å². The molecule has 1 saturated heterocycles. The Balaban J connectivity index is 1.70. The first kappa shape index (κ1) is 28.9. The van der Waals surface area contributed by atoms with Crippen LogP contribution in [0.4, 0.5) is 0 Å². The number of ether oxygens (including phenoxy) is 6. The minimum absolute atomic E-state index is 0.0400.